The molecular weight excluding hydrogens is 403 g/mol. The Morgan fingerprint density at radius 1 is 0.731 bits per heavy atom. The van der Waals surface area contributed by atoms with E-state index in [0.29, 0.717) is 0 Å². The van der Waals surface area contributed by atoms with Gasteiger partial charge in [-0.15, -0.1) is 0 Å². The summed E-state index contributed by atoms with van der Waals surface area (Å²) in [5.41, 5.74) is 2.52. The van der Waals surface area contributed by atoms with Crippen LogP contribution in [0.1, 0.15) is 13.3 Å². The van der Waals surface area contributed by atoms with Gasteiger partial charge in [0.15, 0.2) is 0 Å². The van der Waals surface area contributed by atoms with Crippen LogP contribution in [0, 0.1) is 0 Å². The lowest BCUT2D eigenvalue weighted by Gasteiger charge is -1.93. The lowest BCUT2D eigenvalue weighted by molar-refractivity contribution is -0.193. The number of carboxylic acid groups (broad SMARTS) is 3. The fourth-order valence-corrected chi connectivity index (χ4v) is 0.144. The van der Waals surface area contributed by atoms with Crippen LogP contribution in [0.5, 0.6) is 0 Å². The van der Waals surface area contributed by atoms with Gasteiger partial charge in [0.05, 0.1) is 0 Å². The Kier molecular flexibility index (Phi) is 16.9. The molecule has 0 aromatic rings. The largest absolute Gasteiger partial charge is 0.490 e. The highest BCUT2D eigenvalue weighted by molar-refractivity contribution is 5.73. The maximum Gasteiger partial charge on any atom is 0.490 e. The highest BCUT2D eigenvalue weighted by Gasteiger charge is 2.39. The topological polar surface area (TPSA) is 150 Å². The number of hydrogen-bond acceptors (Lipinski definition) is 5. The predicted molar refractivity (Wildman–Crippen MR) is 63.6 cm³/mol. The van der Waals surface area contributed by atoms with Crippen molar-refractivity contribution < 1.29 is 69.2 Å². The summed E-state index contributed by atoms with van der Waals surface area (Å²) in [5.74, 6) is -3.38. The van der Waals surface area contributed by atoms with E-state index in [0.717, 1.165) is 13.0 Å². The molecule has 0 saturated carbocycles. The van der Waals surface area contributed by atoms with Gasteiger partial charge in [0, 0.05) is 6.54 Å². The fourth-order valence-electron chi connectivity index (χ4n) is 0.144. The molecular formula is C9H13F9N2O6. The van der Waals surface area contributed by atoms with Crippen molar-refractivity contribution in [1.82, 2.24) is 5.43 Å². The number of aliphatic carboxylic acids is 3. The molecule has 0 heterocycles. The van der Waals surface area contributed by atoms with Gasteiger partial charge in [-0.05, 0) is 6.42 Å². The number of nitrogens with one attached hydrogen (secondary N) is 1. The zero-order valence-corrected chi connectivity index (χ0v) is 12.5. The third kappa shape index (κ3) is 29.7. The second-order valence-corrected chi connectivity index (χ2v) is 3.36. The van der Waals surface area contributed by atoms with Gasteiger partial charge < -0.3 is 15.3 Å². The first-order valence-electron chi connectivity index (χ1n) is 5.58. The maximum absolute atomic E-state index is 10.6. The second kappa shape index (κ2) is 13.9. The van der Waals surface area contributed by atoms with E-state index in [1.165, 1.54) is 0 Å². The summed E-state index contributed by atoms with van der Waals surface area (Å²) in [4.78, 5) is 26.7. The Labute approximate surface area is 138 Å². The molecule has 0 bridgehead atoms. The third-order valence-electron chi connectivity index (χ3n) is 1.12. The molecule has 0 aliphatic carbocycles. The summed E-state index contributed by atoms with van der Waals surface area (Å²) in [6.45, 7) is 2.99. The summed E-state index contributed by atoms with van der Waals surface area (Å²) in [7, 11) is 0. The van der Waals surface area contributed by atoms with Crippen molar-refractivity contribution in [3.63, 3.8) is 0 Å². The highest BCUT2D eigenvalue weighted by atomic mass is 19.4. The van der Waals surface area contributed by atoms with Gasteiger partial charge in [0.2, 0.25) is 0 Å². The number of hydrogen-bond donors (Lipinski definition) is 5. The summed E-state index contributed by atoms with van der Waals surface area (Å²) >= 11 is 0. The molecule has 0 unspecified atom stereocenters. The van der Waals surface area contributed by atoms with Crippen LogP contribution in [0.3, 0.4) is 0 Å². The summed E-state index contributed by atoms with van der Waals surface area (Å²) < 4.78 is 95.2. The predicted octanol–water partition coefficient (Wildman–Crippen LogP) is 1.76. The minimum absolute atomic E-state index is 0.917. The molecule has 0 aliphatic rings. The Balaban J connectivity index is -0.000000125. The minimum atomic E-state index is -5.08. The Morgan fingerprint density at radius 3 is 0.885 bits per heavy atom. The van der Waals surface area contributed by atoms with Gasteiger partial charge in [-0.3, -0.25) is 11.3 Å². The van der Waals surface area contributed by atoms with Crippen LogP contribution in [0.2, 0.25) is 0 Å². The SMILES string of the molecule is CCCNN.O=C(O)C(F)(F)F.O=C(O)C(F)(F)F.O=C(O)C(F)(F)F. The van der Waals surface area contributed by atoms with Gasteiger partial charge in [0.25, 0.3) is 0 Å². The standard InChI is InChI=1S/C3H10N2.3C2HF3O2/c1-2-3-5-4;3*3-2(4,5)1(6)7/h5H,2-4H2,1H3;3*(H,6,7). The maximum atomic E-state index is 10.6. The van der Waals surface area contributed by atoms with E-state index in [2.05, 4.69) is 12.3 Å². The van der Waals surface area contributed by atoms with E-state index in [1.54, 1.807) is 0 Å². The minimum Gasteiger partial charge on any atom is -0.475 e. The highest BCUT2D eigenvalue weighted by Crippen LogP contribution is 2.14. The fraction of sp³-hybridized carbons (Fsp3) is 0.667. The van der Waals surface area contributed by atoms with Crippen molar-refractivity contribution in [3.8, 4) is 0 Å². The molecule has 17 heteroatoms. The molecule has 0 aromatic heterocycles. The molecule has 0 radical (unpaired) electrons. The number of carbonyl (C=O) groups is 3. The molecule has 158 valence electrons. The van der Waals surface area contributed by atoms with Crippen LogP contribution >= 0.6 is 0 Å². The average Bonchev–Trinajstić information content (AvgIpc) is 2.38. The first-order chi connectivity index (χ1) is 11.2. The first-order valence-corrected chi connectivity index (χ1v) is 5.58. The summed E-state index contributed by atoms with van der Waals surface area (Å²) in [5, 5.41) is 21.4. The van der Waals surface area contributed by atoms with Crippen LogP contribution in [0.25, 0.3) is 0 Å². The molecule has 0 aromatic carbocycles. The molecule has 0 amide bonds. The lowest BCUT2D eigenvalue weighted by Crippen LogP contribution is -2.21. The van der Waals surface area contributed by atoms with Crippen molar-refractivity contribution in [2.24, 2.45) is 5.84 Å². The molecule has 0 fully saturated rings. The van der Waals surface area contributed by atoms with Crippen LogP contribution in [-0.4, -0.2) is 58.3 Å². The van der Waals surface area contributed by atoms with Crippen LogP contribution in [0.4, 0.5) is 39.5 Å². The summed E-state index contributed by atoms with van der Waals surface area (Å²) in [6.07, 6.45) is -14.1. The van der Waals surface area contributed by atoms with Gasteiger partial charge >= 0.3 is 36.4 Å². The molecule has 0 saturated heterocycles. The van der Waals surface area contributed by atoms with E-state index in [4.69, 9.17) is 35.5 Å². The number of carboxylic acids is 3. The molecule has 0 aliphatic heterocycles. The van der Waals surface area contributed by atoms with E-state index in [1.807, 2.05) is 0 Å². The van der Waals surface area contributed by atoms with Crippen LogP contribution in [0.15, 0.2) is 0 Å². The van der Waals surface area contributed by atoms with Crippen molar-refractivity contribution in [1.29, 1.82) is 0 Å². The van der Waals surface area contributed by atoms with E-state index in [-0.39, 0.29) is 0 Å². The second-order valence-electron chi connectivity index (χ2n) is 3.36. The Morgan fingerprint density at radius 2 is 0.885 bits per heavy atom. The van der Waals surface area contributed by atoms with Crippen molar-refractivity contribution in [2.45, 2.75) is 31.9 Å². The van der Waals surface area contributed by atoms with E-state index in [9.17, 15) is 39.5 Å². The molecule has 0 rings (SSSR count). The normalized spacial score (nSPS) is 10.7. The Bertz CT molecular complexity index is 360. The molecule has 0 atom stereocenters. The van der Waals surface area contributed by atoms with Crippen LogP contribution < -0.4 is 11.3 Å². The zero-order chi connectivity index (χ0) is 22.4. The van der Waals surface area contributed by atoms with Crippen molar-refractivity contribution in [3.05, 3.63) is 0 Å². The molecule has 6 N–H and O–H groups in total. The zero-order valence-electron chi connectivity index (χ0n) is 12.5. The van der Waals surface area contributed by atoms with Gasteiger partial charge in [0.1, 0.15) is 0 Å². The third-order valence-corrected chi connectivity index (χ3v) is 1.12. The number of nitrogens with two attached hydrogens (primary N) is 1. The number of alkyl halides is 9. The molecule has 26 heavy (non-hydrogen) atoms. The van der Waals surface area contributed by atoms with Crippen LogP contribution in [-0.2, 0) is 14.4 Å². The number of halogens is 9. The first kappa shape index (κ1) is 31.5. The number of hydrazine groups is 1. The van der Waals surface area contributed by atoms with Crippen molar-refractivity contribution >= 4 is 17.9 Å². The van der Waals surface area contributed by atoms with Gasteiger partial charge in [-0.25, -0.2) is 14.4 Å². The van der Waals surface area contributed by atoms with E-state index >= 15 is 0 Å². The lowest BCUT2D eigenvalue weighted by atomic mass is 10.5. The smallest absolute Gasteiger partial charge is 0.475 e. The Hall–Kier alpha value is -2.30. The molecule has 8 nitrogen and oxygen atoms in total. The number of rotatable bonds is 2. The van der Waals surface area contributed by atoms with E-state index < -0.39 is 36.4 Å². The van der Waals surface area contributed by atoms with Gasteiger partial charge in [-0.2, -0.15) is 39.5 Å². The average molecular weight is 416 g/mol. The monoisotopic (exact) mass is 416 g/mol. The van der Waals surface area contributed by atoms with Crippen molar-refractivity contribution in [2.75, 3.05) is 6.54 Å². The molecule has 0 spiro atoms. The van der Waals surface area contributed by atoms with Gasteiger partial charge in [-0.1, -0.05) is 6.92 Å². The summed E-state index contributed by atoms with van der Waals surface area (Å²) in [6, 6.07) is 0. The quantitative estimate of drug-likeness (QED) is 0.260.